The molecule has 0 atom stereocenters. The molecule has 1 heterocycles. The largest absolute Gasteiger partial charge is 0.355 e. The number of benzene rings is 1. The van der Waals surface area contributed by atoms with E-state index in [-0.39, 0.29) is 5.39 Å². The predicted molar refractivity (Wildman–Crippen MR) is 76.6 cm³/mol. The Balaban J connectivity index is 2.46. The van der Waals surface area contributed by atoms with Crippen LogP contribution in [0.5, 0.6) is 0 Å². The molecule has 0 bridgehead atoms. The maximum Gasteiger partial charge on any atom is 0.332 e. The Hall–Kier alpha value is -2.65. The van der Waals surface area contributed by atoms with Gasteiger partial charge in [-0.3, -0.25) is 14.9 Å². The highest BCUT2D eigenvalue weighted by Crippen LogP contribution is 2.13. The van der Waals surface area contributed by atoms with Crippen LogP contribution in [0.15, 0.2) is 29.2 Å². The molecule has 6 nitrogen and oxygen atoms in total. The van der Waals surface area contributed by atoms with Crippen molar-refractivity contribution in [3.05, 3.63) is 50.3 Å². The maximum absolute atomic E-state index is 12.0. The summed E-state index contributed by atoms with van der Waals surface area (Å²) < 4.78 is 0. The molecule has 20 heavy (non-hydrogen) atoms. The number of nitro groups is 1. The smallest absolute Gasteiger partial charge is 0.332 e. The molecule has 0 fully saturated rings. The summed E-state index contributed by atoms with van der Waals surface area (Å²) in [6.45, 7) is 0.784. The molecule has 0 aliphatic rings. The SMILES string of the molecule is CNCCC#Cc1ccc2[nH]cc([N+](=O)[O-])c(=O)c2c1. The Morgan fingerprint density at radius 1 is 1.45 bits per heavy atom. The van der Waals surface area contributed by atoms with Crippen molar-refractivity contribution in [3.63, 3.8) is 0 Å². The van der Waals surface area contributed by atoms with Crippen LogP contribution in [0.25, 0.3) is 10.9 Å². The van der Waals surface area contributed by atoms with Crippen LogP contribution in [0.3, 0.4) is 0 Å². The zero-order chi connectivity index (χ0) is 14.5. The number of pyridine rings is 1. The normalized spacial score (nSPS) is 10.1. The zero-order valence-corrected chi connectivity index (χ0v) is 10.9. The molecule has 102 valence electrons. The summed E-state index contributed by atoms with van der Waals surface area (Å²) in [6, 6.07) is 5.05. The minimum atomic E-state index is -0.691. The Morgan fingerprint density at radius 2 is 2.25 bits per heavy atom. The van der Waals surface area contributed by atoms with Crippen molar-refractivity contribution in [2.24, 2.45) is 0 Å². The van der Waals surface area contributed by atoms with Crippen molar-refractivity contribution in [1.29, 1.82) is 0 Å². The van der Waals surface area contributed by atoms with Crippen LogP contribution in [0.1, 0.15) is 12.0 Å². The summed E-state index contributed by atoms with van der Waals surface area (Å²) >= 11 is 0. The van der Waals surface area contributed by atoms with E-state index in [1.54, 1.807) is 18.2 Å². The van der Waals surface area contributed by atoms with E-state index in [1.807, 2.05) is 7.05 Å². The average Bonchev–Trinajstić information content (AvgIpc) is 2.44. The molecule has 0 unspecified atom stereocenters. The minimum absolute atomic E-state index is 0.277. The standard InChI is InChI=1S/C14H13N3O3/c1-15-7-3-2-4-10-5-6-12-11(8-10)14(18)13(9-16-12)17(19)20/h5-6,8-9,15H,3,7H2,1H3,(H,16,18). The van der Waals surface area contributed by atoms with E-state index in [1.165, 1.54) is 0 Å². The fraction of sp³-hybridized carbons (Fsp3) is 0.214. The summed E-state index contributed by atoms with van der Waals surface area (Å²) in [6.07, 6.45) is 1.81. The number of aromatic nitrogens is 1. The highest BCUT2D eigenvalue weighted by Gasteiger charge is 2.14. The van der Waals surface area contributed by atoms with Gasteiger partial charge in [-0.05, 0) is 25.2 Å². The quantitative estimate of drug-likeness (QED) is 0.382. The summed E-state index contributed by atoms with van der Waals surface area (Å²) in [5, 5.41) is 14.0. The first-order valence-electron chi connectivity index (χ1n) is 6.07. The van der Waals surface area contributed by atoms with E-state index in [0.717, 1.165) is 12.7 Å². The lowest BCUT2D eigenvalue weighted by atomic mass is 10.1. The summed E-state index contributed by atoms with van der Waals surface area (Å²) in [7, 11) is 1.84. The third kappa shape index (κ3) is 2.84. The average molecular weight is 271 g/mol. The van der Waals surface area contributed by atoms with Gasteiger partial charge in [0, 0.05) is 24.0 Å². The fourth-order valence-corrected chi connectivity index (χ4v) is 1.77. The van der Waals surface area contributed by atoms with Gasteiger partial charge in [-0.2, -0.15) is 0 Å². The molecule has 1 aromatic heterocycles. The number of nitrogens with zero attached hydrogens (tertiary/aromatic N) is 1. The van der Waals surface area contributed by atoms with Gasteiger partial charge in [-0.25, -0.2) is 0 Å². The van der Waals surface area contributed by atoms with Crippen LogP contribution >= 0.6 is 0 Å². The highest BCUT2D eigenvalue weighted by molar-refractivity contribution is 5.81. The number of hydrogen-bond donors (Lipinski definition) is 2. The minimum Gasteiger partial charge on any atom is -0.355 e. The highest BCUT2D eigenvalue weighted by atomic mass is 16.6. The van der Waals surface area contributed by atoms with Gasteiger partial charge in [0.15, 0.2) is 0 Å². The first kappa shape index (κ1) is 13.8. The van der Waals surface area contributed by atoms with E-state index in [0.29, 0.717) is 17.5 Å². The van der Waals surface area contributed by atoms with Gasteiger partial charge in [0.2, 0.25) is 0 Å². The number of nitrogens with one attached hydrogen (secondary N) is 2. The van der Waals surface area contributed by atoms with Crippen LogP contribution in [0, 0.1) is 22.0 Å². The number of aromatic amines is 1. The van der Waals surface area contributed by atoms with Crippen LogP contribution in [-0.4, -0.2) is 23.5 Å². The summed E-state index contributed by atoms with van der Waals surface area (Å²) in [5.74, 6) is 5.90. The Labute approximate surface area is 115 Å². The van der Waals surface area contributed by atoms with E-state index in [2.05, 4.69) is 22.1 Å². The molecule has 2 N–H and O–H groups in total. The van der Waals surface area contributed by atoms with Gasteiger partial charge >= 0.3 is 5.69 Å². The number of fused-ring (bicyclic) bond motifs is 1. The molecular weight excluding hydrogens is 258 g/mol. The van der Waals surface area contributed by atoms with Gasteiger partial charge in [0.1, 0.15) is 0 Å². The molecule has 6 heteroatoms. The lowest BCUT2D eigenvalue weighted by Crippen LogP contribution is -2.09. The first-order valence-corrected chi connectivity index (χ1v) is 6.07. The molecule has 2 rings (SSSR count). The van der Waals surface area contributed by atoms with Gasteiger partial charge in [-0.15, -0.1) is 0 Å². The number of H-pyrrole nitrogens is 1. The Morgan fingerprint density at radius 3 is 2.95 bits per heavy atom. The molecule has 0 saturated carbocycles. The molecule has 0 aliphatic carbocycles. The molecule has 0 radical (unpaired) electrons. The molecule has 0 amide bonds. The van der Waals surface area contributed by atoms with Crippen molar-refractivity contribution >= 4 is 16.6 Å². The van der Waals surface area contributed by atoms with Crippen LogP contribution in [-0.2, 0) is 0 Å². The third-order valence-corrected chi connectivity index (χ3v) is 2.79. The molecule has 0 saturated heterocycles. The second-order valence-electron chi connectivity index (χ2n) is 4.18. The van der Waals surface area contributed by atoms with Gasteiger partial charge < -0.3 is 10.3 Å². The molecule has 0 aliphatic heterocycles. The topological polar surface area (TPSA) is 88.0 Å². The Bertz CT molecular complexity index is 769. The Kier molecular flexibility index (Phi) is 4.13. The van der Waals surface area contributed by atoms with E-state index in [9.17, 15) is 14.9 Å². The van der Waals surface area contributed by atoms with Crippen molar-refractivity contribution in [2.75, 3.05) is 13.6 Å². The molecule has 0 spiro atoms. The van der Waals surface area contributed by atoms with E-state index >= 15 is 0 Å². The molecular formula is C14H13N3O3. The monoisotopic (exact) mass is 271 g/mol. The second-order valence-corrected chi connectivity index (χ2v) is 4.18. The van der Waals surface area contributed by atoms with Crippen LogP contribution < -0.4 is 10.7 Å². The lowest BCUT2D eigenvalue weighted by Gasteiger charge is -1.98. The lowest BCUT2D eigenvalue weighted by molar-refractivity contribution is -0.386. The van der Waals surface area contributed by atoms with Gasteiger partial charge in [0.25, 0.3) is 5.43 Å². The van der Waals surface area contributed by atoms with Crippen molar-refractivity contribution in [3.8, 4) is 11.8 Å². The molecule has 1 aromatic carbocycles. The zero-order valence-electron chi connectivity index (χ0n) is 10.9. The van der Waals surface area contributed by atoms with Gasteiger partial charge in [0.05, 0.1) is 16.5 Å². The van der Waals surface area contributed by atoms with Crippen LogP contribution in [0.2, 0.25) is 0 Å². The van der Waals surface area contributed by atoms with Crippen molar-refractivity contribution < 1.29 is 4.92 Å². The van der Waals surface area contributed by atoms with Crippen molar-refractivity contribution in [2.45, 2.75) is 6.42 Å². The predicted octanol–water partition coefficient (Wildman–Crippen LogP) is 1.40. The van der Waals surface area contributed by atoms with Gasteiger partial charge in [-0.1, -0.05) is 11.8 Å². The maximum atomic E-state index is 12.0. The molecule has 2 aromatic rings. The van der Waals surface area contributed by atoms with E-state index < -0.39 is 16.0 Å². The van der Waals surface area contributed by atoms with Crippen molar-refractivity contribution in [1.82, 2.24) is 10.3 Å². The third-order valence-electron chi connectivity index (χ3n) is 2.79. The van der Waals surface area contributed by atoms with E-state index in [4.69, 9.17) is 0 Å². The number of hydrogen-bond acceptors (Lipinski definition) is 4. The summed E-state index contributed by atoms with van der Waals surface area (Å²) in [5.41, 5.74) is 0.168. The summed E-state index contributed by atoms with van der Waals surface area (Å²) in [4.78, 5) is 24.8. The first-order chi connectivity index (χ1) is 9.63. The second kappa shape index (κ2) is 5.99. The number of rotatable bonds is 3. The van der Waals surface area contributed by atoms with Crippen LogP contribution in [0.4, 0.5) is 5.69 Å². The fourth-order valence-electron chi connectivity index (χ4n) is 1.77.